The molecule has 1 aromatic rings. The zero-order chi connectivity index (χ0) is 6.97. The average molecular weight is 151 g/mol. The van der Waals surface area contributed by atoms with Crippen LogP contribution in [-0.4, -0.2) is 10.9 Å². The highest BCUT2D eigenvalue weighted by molar-refractivity contribution is 6.29. The molecule has 1 aliphatic rings. The smallest absolute Gasteiger partial charge is 0.129 e. The third-order valence-electron chi connectivity index (χ3n) is 1.25. The second kappa shape index (κ2) is 1.94. The van der Waals surface area contributed by atoms with Gasteiger partial charge in [0.05, 0.1) is 5.69 Å². The third kappa shape index (κ3) is 0.747. The monoisotopic (exact) mass is 150 g/mol. The molecule has 0 saturated carbocycles. The summed E-state index contributed by atoms with van der Waals surface area (Å²) in [6.07, 6.45) is 1.71. The summed E-state index contributed by atoms with van der Waals surface area (Å²) in [6, 6.07) is 3.53. The molecule has 2 nitrogen and oxygen atoms in total. The van der Waals surface area contributed by atoms with Crippen molar-refractivity contribution in [3.8, 4) is 0 Å². The first-order valence-electron chi connectivity index (χ1n) is 2.82. The molecule has 0 aliphatic carbocycles. The van der Waals surface area contributed by atoms with Crippen LogP contribution < -0.4 is 0 Å². The maximum atomic E-state index is 5.62. The minimum absolute atomic E-state index is 0.494. The van der Waals surface area contributed by atoms with Crippen LogP contribution in [0.1, 0.15) is 5.69 Å². The largest absolute Gasteiger partial charge is 0.234 e. The molecule has 1 aromatic heterocycles. The van der Waals surface area contributed by atoms with Crippen LogP contribution in [0, 0.1) is 0 Å². The highest BCUT2D eigenvalue weighted by Gasteiger charge is 2.03. The van der Waals surface area contributed by atoms with Crippen LogP contribution in [0.25, 0.3) is 6.08 Å². The molecule has 10 heavy (non-hydrogen) atoms. The molecule has 0 bridgehead atoms. The van der Waals surface area contributed by atoms with Gasteiger partial charge in [0, 0.05) is 6.08 Å². The Labute approximate surface area is 62.9 Å². The molecule has 0 aromatic carbocycles. The van der Waals surface area contributed by atoms with E-state index < -0.39 is 0 Å². The topological polar surface area (TPSA) is 25.2 Å². The summed E-state index contributed by atoms with van der Waals surface area (Å²) < 4.78 is 0. The molecule has 0 N–H and O–H groups in total. The zero-order valence-electron chi connectivity index (χ0n) is 5.00. The van der Waals surface area contributed by atoms with Crippen molar-refractivity contribution in [1.29, 1.82) is 0 Å². The molecule has 0 spiro atoms. The van der Waals surface area contributed by atoms with E-state index in [0.717, 1.165) is 11.4 Å². The van der Waals surface area contributed by atoms with E-state index in [1.165, 1.54) is 0 Å². The summed E-state index contributed by atoms with van der Waals surface area (Å²) in [6.45, 7) is 0. The van der Waals surface area contributed by atoms with Crippen LogP contribution >= 0.6 is 11.6 Å². The molecular formula is C7H3ClN2. The van der Waals surface area contributed by atoms with E-state index in [9.17, 15) is 0 Å². The first-order valence-corrected chi connectivity index (χ1v) is 3.20. The van der Waals surface area contributed by atoms with Crippen LogP contribution in [0.5, 0.6) is 0 Å². The predicted molar refractivity (Wildman–Crippen MR) is 40.8 cm³/mol. The van der Waals surface area contributed by atoms with Crippen LogP contribution in [0.15, 0.2) is 17.1 Å². The van der Waals surface area contributed by atoms with E-state index >= 15 is 0 Å². The van der Waals surface area contributed by atoms with Gasteiger partial charge in [-0.15, -0.1) is 0 Å². The van der Waals surface area contributed by atoms with E-state index in [1.807, 2.05) is 6.07 Å². The van der Waals surface area contributed by atoms with E-state index in [0.29, 0.717) is 5.15 Å². The SMILES string of the molecule is Clc1ccc2c(n1)C=C=N2. The summed E-state index contributed by atoms with van der Waals surface area (Å²) in [7, 11) is 0. The number of fused-ring (bicyclic) bond motifs is 1. The summed E-state index contributed by atoms with van der Waals surface area (Å²) >= 11 is 5.62. The summed E-state index contributed by atoms with van der Waals surface area (Å²) in [5.74, 6) is 2.69. The number of pyridine rings is 1. The molecule has 0 saturated heterocycles. The van der Waals surface area contributed by atoms with Gasteiger partial charge in [-0.1, -0.05) is 11.6 Å². The van der Waals surface area contributed by atoms with Gasteiger partial charge < -0.3 is 0 Å². The Morgan fingerprint density at radius 1 is 1.40 bits per heavy atom. The summed E-state index contributed by atoms with van der Waals surface area (Å²) in [4.78, 5) is 7.92. The number of hydrogen-bond donors (Lipinski definition) is 0. The van der Waals surface area contributed by atoms with Gasteiger partial charge in [0.15, 0.2) is 0 Å². The highest BCUT2D eigenvalue weighted by atomic mass is 35.5. The quantitative estimate of drug-likeness (QED) is 0.528. The molecule has 2 rings (SSSR count). The van der Waals surface area contributed by atoms with E-state index in [1.54, 1.807) is 12.1 Å². The number of rotatable bonds is 0. The van der Waals surface area contributed by atoms with Gasteiger partial charge in [0.2, 0.25) is 0 Å². The number of halogens is 1. The van der Waals surface area contributed by atoms with Crippen molar-refractivity contribution in [3.05, 3.63) is 23.0 Å². The van der Waals surface area contributed by atoms with Crippen molar-refractivity contribution >= 4 is 29.2 Å². The van der Waals surface area contributed by atoms with E-state index in [4.69, 9.17) is 11.6 Å². The first kappa shape index (κ1) is 5.66. The van der Waals surface area contributed by atoms with Crippen molar-refractivity contribution in [2.24, 2.45) is 4.99 Å². The maximum Gasteiger partial charge on any atom is 0.129 e. The molecule has 3 heteroatoms. The lowest BCUT2D eigenvalue weighted by Crippen LogP contribution is -1.78. The molecule has 0 unspecified atom stereocenters. The molecule has 0 atom stereocenters. The number of nitrogens with zero attached hydrogens (tertiary/aromatic N) is 2. The summed E-state index contributed by atoms with van der Waals surface area (Å²) in [5.41, 5.74) is 1.64. The average Bonchev–Trinajstić information content (AvgIpc) is 2.33. The van der Waals surface area contributed by atoms with Crippen LogP contribution in [0.4, 0.5) is 5.69 Å². The molecule has 1 aliphatic heterocycles. The fourth-order valence-electron chi connectivity index (χ4n) is 0.806. The standard InChI is InChI=1S/C7H3ClN2/c8-7-2-1-5-6(10-7)3-4-9-5/h1-3H. The molecule has 0 fully saturated rings. The van der Waals surface area contributed by atoms with Crippen LogP contribution in [0.2, 0.25) is 5.15 Å². The van der Waals surface area contributed by atoms with Crippen molar-refractivity contribution in [2.45, 2.75) is 0 Å². The van der Waals surface area contributed by atoms with Gasteiger partial charge in [-0.05, 0) is 18.0 Å². The van der Waals surface area contributed by atoms with Gasteiger partial charge in [-0.3, -0.25) is 0 Å². The highest BCUT2D eigenvalue weighted by Crippen LogP contribution is 2.22. The van der Waals surface area contributed by atoms with Crippen molar-refractivity contribution in [3.63, 3.8) is 0 Å². The summed E-state index contributed by atoms with van der Waals surface area (Å²) in [5, 5.41) is 0.494. The fraction of sp³-hybridized carbons (Fsp3) is 0. The molecule has 2 heterocycles. The van der Waals surface area contributed by atoms with Gasteiger partial charge in [0.25, 0.3) is 0 Å². The first-order chi connectivity index (χ1) is 4.86. The van der Waals surface area contributed by atoms with Crippen LogP contribution in [-0.2, 0) is 0 Å². The Morgan fingerprint density at radius 2 is 2.30 bits per heavy atom. The van der Waals surface area contributed by atoms with E-state index in [-0.39, 0.29) is 0 Å². The lowest BCUT2D eigenvalue weighted by molar-refractivity contribution is 1.29. The number of aliphatic imine (C=N–C) groups is 1. The number of aromatic nitrogens is 1. The van der Waals surface area contributed by atoms with Crippen molar-refractivity contribution in [1.82, 2.24) is 4.98 Å². The van der Waals surface area contributed by atoms with Gasteiger partial charge >= 0.3 is 0 Å². The molecule has 48 valence electrons. The number of hydrogen-bond acceptors (Lipinski definition) is 2. The predicted octanol–water partition coefficient (Wildman–Crippen LogP) is 2.06. The third-order valence-corrected chi connectivity index (χ3v) is 1.47. The Hall–Kier alpha value is -1.11. The van der Waals surface area contributed by atoms with Gasteiger partial charge in [-0.2, -0.15) is 0 Å². The lowest BCUT2D eigenvalue weighted by atomic mass is 10.3. The van der Waals surface area contributed by atoms with Crippen LogP contribution in [0.3, 0.4) is 0 Å². The molecular weight excluding hydrogens is 148 g/mol. The second-order valence-corrected chi connectivity index (χ2v) is 2.31. The normalized spacial score (nSPS) is 12.1. The van der Waals surface area contributed by atoms with Gasteiger partial charge in [-0.25, -0.2) is 9.98 Å². The van der Waals surface area contributed by atoms with Crippen molar-refractivity contribution < 1.29 is 0 Å². The minimum Gasteiger partial charge on any atom is -0.234 e. The molecule has 0 amide bonds. The minimum atomic E-state index is 0.494. The zero-order valence-corrected chi connectivity index (χ0v) is 5.76. The van der Waals surface area contributed by atoms with Crippen molar-refractivity contribution in [2.75, 3.05) is 0 Å². The Morgan fingerprint density at radius 3 is 3.20 bits per heavy atom. The Balaban J connectivity index is 2.67. The maximum absolute atomic E-state index is 5.62. The van der Waals surface area contributed by atoms with Gasteiger partial charge in [0.1, 0.15) is 10.8 Å². The lowest BCUT2D eigenvalue weighted by Gasteiger charge is -1.92. The van der Waals surface area contributed by atoms with E-state index in [2.05, 4.69) is 15.8 Å². The molecule has 0 radical (unpaired) electrons. The Kier molecular flexibility index (Phi) is 1.10. The fourth-order valence-corrected chi connectivity index (χ4v) is 0.960. The Bertz CT molecular complexity index is 337. The second-order valence-electron chi connectivity index (χ2n) is 1.92.